The number of carbonyl (C=O) groups excluding carboxylic acids is 3. The van der Waals surface area contributed by atoms with Gasteiger partial charge in [0.2, 0.25) is 0 Å². The van der Waals surface area contributed by atoms with Crippen molar-refractivity contribution in [2.45, 2.75) is 348 Å². The Morgan fingerprint density at radius 1 is 0.275 bits per heavy atom. The summed E-state index contributed by atoms with van der Waals surface area (Å²) in [5, 5.41) is 0. The lowest BCUT2D eigenvalue weighted by molar-refractivity contribution is -0.167. The Morgan fingerprint density at radius 3 is 0.768 bits per heavy atom. The Hall–Kier alpha value is -2.11. The molecule has 0 aromatic heterocycles. The van der Waals surface area contributed by atoms with Crippen molar-refractivity contribution in [2.24, 2.45) is 0 Å². The molecule has 0 aromatic carbocycles. The summed E-state index contributed by atoms with van der Waals surface area (Å²) in [6.07, 6.45) is 69.2. The fraction of sp³-hybridized carbons (Fsp3) is 0.889. The Bertz CT molecular complexity index is 1110. The quantitative estimate of drug-likeness (QED) is 0.0261. The molecule has 0 aliphatic heterocycles. The lowest BCUT2D eigenvalue weighted by Gasteiger charge is -2.18. The zero-order valence-electron chi connectivity index (χ0n) is 46.6. The predicted octanol–water partition coefficient (Wildman–Crippen LogP) is 20.7. The van der Waals surface area contributed by atoms with Crippen LogP contribution in [0.15, 0.2) is 24.3 Å². The number of rotatable bonds is 57. The third kappa shape index (κ3) is 56.7. The molecule has 0 saturated heterocycles. The van der Waals surface area contributed by atoms with E-state index in [0.29, 0.717) is 19.3 Å². The number of hydrogen-bond acceptors (Lipinski definition) is 6. The molecule has 0 spiro atoms. The summed E-state index contributed by atoms with van der Waals surface area (Å²) in [5.41, 5.74) is 0. The first-order valence-electron chi connectivity index (χ1n) is 30.8. The molecule has 0 aliphatic rings. The summed E-state index contributed by atoms with van der Waals surface area (Å²) in [6, 6.07) is 0. The molecule has 6 nitrogen and oxygen atoms in total. The van der Waals surface area contributed by atoms with E-state index in [-0.39, 0.29) is 31.1 Å². The Morgan fingerprint density at radius 2 is 0.493 bits per heavy atom. The topological polar surface area (TPSA) is 78.9 Å². The molecule has 0 aliphatic carbocycles. The van der Waals surface area contributed by atoms with Gasteiger partial charge >= 0.3 is 17.9 Å². The highest BCUT2D eigenvalue weighted by Crippen LogP contribution is 2.17. The van der Waals surface area contributed by atoms with Crippen molar-refractivity contribution in [2.75, 3.05) is 13.2 Å². The maximum atomic E-state index is 12.8. The van der Waals surface area contributed by atoms with Crippen molar-refractivity contribution in [3.63, 3.8) is 0 Å². The minimum Gasteiger partial charge on any atom is -0.462 e. The first-order chi connectivity index (χ1) is 34.0. The van der Waals surface area contributed by atoms with E-state index < -0.39 is 6.10 Å². The van der Waals surface area contributed by atoms with Crippen molar-refractivity contribution in [3.8, 4) is 0 Å². The second-order valence-corrected chi connectivity index (χ2v) is 21.0. The molecule has 0 rings (SSSR count). The van der Waals surface area contributed by atoms with Crippen molar-refractivity contribution < 1.29 is 28.6 Å². The zero-order valence-corrected chi connectivity index (χ0v) is 46.6. The predicted molar refractivity (Wildman–Crippen MR) is 298 cm³/mol. The van der Waals surface area contributed by atoms with Crippen molar-refractivity contribution in [1.29, 1.82) is 0 Å². The van der Waals surface area contributed by atoms with Crippen LogP contribution in [0.3, 0.4) is 0 Å². The molecule has 0 aromatic rings. The number of esters is 3. The molecule has 0 radical (unpaired) electrons. The Balaban J connectivity index is 4.05. The third-order valence-electron chi connectivity index (χ3n) is 13.9. The van der Waals surface area contributed by atoms with Crippen LogP contribution in [0.25, 0.3) is 0 Å². The fourth-order valence-corrected chi connectivity index (χ4v) is 9.25. The zero-order chi connectivity index (χ0) is 50.0. The van der Waals surface area contributed by atoms with E-state index in [9.17, 15) is 14.4 Å². The van der Waals surface area contributed by atoms with Gasteiger partial charge in [0.05, 0.1) is 0 Å². The van der Waals surface area contributed by atoms with Crippen molar-refractivity contribution in [3.05, 3.63) is 24.3 Å². The SMILES string of the molecule is CCCC/C=C\CCCCCCCC(=O)OC(COC(=O)CCCCCCCCCCCCC)COC(=O)CCCCCCCCCCCCCCCCCCC/C=C\CCCCCCCCCC. The van der Waals surface area contributed by atoms with Gasteiger partial charge in [0, 0.05) is 19.3 Å². The molecule has 406 valence electrons. The highest BCUT2D eigenvalue weighted by Gasteiger charge is 2.19. The maximum Gasteiger partial charge on any atom is 0.306 e. The molecular formula is C63H118O6. The van der Waals surface area contributed by atoms with Crippen LogP contribution in [0, 0.1) is 0 Å². The van der Waals surface area contributed by atoms with Gasteiger partial charge < -0.3 is 14.2 Å². The first kappa shape index (κ1) is 66.9. The van der Waals surface area contributed by atoms with Crippen LogP contribution >= 0.6 is 0 Å². The molecule has 0 saturated carbocycles. The summed E-state index contributed by atoms with van der Waals surface area (Å²) in [5.74, 6) is -0.861. The normalized spacial score (nSPS) is 12.1. The Labute approximate surface area is 430 Å². The number of unbranched alkanes of at least 4 members (excludes halogenated alkanes) is 42. The van der Waals surface area contributed by atoms with Crippen LogP contribution in [0.2, 0.25) is 0 Å². The highest BCUT2D eigenvalue weighted by atomic mass is 16.6. The second kappa shape index (κ2) is 58.5. The molecule has 0 N–H and O–H groups in total. The molecule has 1 atom stereocenters. The lowest BCUT2D eigenvalue weighted by atomic mass is 10.0. The van der Waals surface area contributed by atoms with E-state index in [0.717, 1.165) is 64.2 Å². The van der Waals surface area contributed by atoms with E-state index in [4.69, 9.17) is 14.2 Å². The largest absolute Gasteiger partial charge is 0.462 e. The molecule has 1 unspecified atom stereocenters. The summed E-state index contributed by atoms with van der Waals surface area (Å²) in [6.45, 7) is 6.63. The average Bonchev–Trinajstić information content (AvgIpc) is 3.35. The van der Waals surface area contributed by atoms with Gasteiger partial charge in [-0.1, -0.05) is 283 Å². The molecular weight excluding hydrogens is 853 g/mol. The van der Waals surface area contributed by atoms with Gasteiger partial charge in [0.15, 0.2) is 6.10 Å². The molecule has 0 fully saturated rings. The van der Waals surface area contributed by atoms with Gasteiger partial charge in [-0.3, -0.25) is 14.4 Å². The monoisotopic (exact) mass is 971 g/mol. The molecule has 6 heteroatoms. The minimum atomic E-state index is -0.769. The third-order valence-corrected chi connectivity index (χ3v) is 13.9. The van der Waals surface area contributed by atoms with Gasteiger partial charge in [0.25, 0.3) is 0 Å². The van der Waals surface area contributed by atoms with Crippen LogP contribution in [-0.2, 0) is 28.6 Å². The Kier molecular flexibility index (Phi) is 56.7. The molecule has 0 amide bonds. The summed E-state index contributed by atoms with van der Waals surface area (Å²) in [7, 11) is 0. The summed E-state index contributed by atoms with van der Waals surface area (Å²) < 4.78 is 16.8. The molecule has 0 bridgehead atoms. The van der Waals surface area contributed by atoms with E-state index in [1.807, 2.05) is 0 Å². The van der Waals surface area contributed by atoms with E-state index >= 15 is 0 Å². The van der Waals surface area contributed by atoms with Crippen LogP contribution < -0.4 is 0 Å². The summed E-state index contributed by atoms with van der Waals surface area (Å²) in [4.78, 5) is 38.0. The van der Waals surface area contributed by atoms with Crippen LogP contribution in [0.1, 0.15) is 342 Å². The van der Waals surface area contributed by atoms with Crippen LogP contribution in [0.4, 0.5) is 0 Å². The smallest absolute Gasteiger partial charge is 0.306 e. The molecule has 0 heterocycles. The highest BCUT2D eigenvalue weighted by molar-refractivity contribution is 5.71. The van der Waals surface area contributed by atoms with Crippen molar-refractivity contribution >= 4 is 17.9 Å². The van der Waals surface area contributed by atoms with Gasteiger partial charge in [-0.2, -0.15) is 0 Å². The van der Waals surface area contributed by atoms with Gasteiger partial charge in [-0.05, 0) is 64.2 Å². The average molecular weight is 972 g/mol. The minimum absolute atomic E-state index is 0.0696. The maximum absolute atomic E-state index is 12.8. The number of ether oxygens (including phenoxy) is 3. The standard InChI is InChI=1S/C63H118O6/c1-4-7-10-13-16-19-22-23-24-25-26-27-28-29-30-31-32-33-34-35-36-37-38-39-42-44-47-50-53-56-62(65)68-59-60(69-63(66)57-54-51-48-45-41-21-18-15-12-9-6-3)58-67-61(64)55-52-49-46-43-40-20-17-14-11-8-5-2/h15,18,25-26,60H,4-14,16-17,19-24,27-59H2,1-3H3/b18-15-,26-25-. The van der Waals surface area contributed by atoms with E-state index in [2.05, 4.69) is 45.1 Å². The molecule has 69 heavy (non-hydrogen) atoms. The second-order valence-electron chi connectivity index (χ2n) is 21.0. The van der Waals surface area contributed by atoms with Crippen LogP contribution in [-0.4, -0.2) is 37.2 Å². The van der Waals surface area contributed by atoms with E-state index in [1.54, 1.807) is 0 Å². The summed E-state index contributed by atoms with van der Waals surface area (Å²) >= 11 is 0. The van der Waals surface area contributed by atoms with Gasteiger partial charge in [-0.25, -0.2) is 0 Å². The first-order valence-corrected chi connectivity index (χ1v) is 30.8. The van der Waals surface area contributed by atoms with Crippen LogP contribution in [0.5, 0.6) is 0 Å². The van der Waals surface area contributed by atoms with Gasteiger partial charge in [-0.15, -0.1) is 0 Å². The number of hydrogen-bond donors (Lipinski definition) is 0. The van der Waals surface area contributed by atoms with Crippen molar-refractivity contribution in [1.82, 2.24) is 0 Å². The lowest BCUT2D eigenvalue weighted by Crippen LogP contribution is -2.30. The fourth-order valence-electron chi connectivity index (χ4n) is 9.25. The van der Waals surface area contributed by atoms with E-state index in [1.165, 1.54) is 238 Å². The number of allylic oxidation sites excluding steroid dienone is 4. The van der Waals surface area contributed by atoms with Gasteiger partial charge in [0.1, 0.15) is 13.2 Å². The number of carbonyl (C=O) groups is 3.